The first-order valence-corrected chi connectivity index (χ1v) is 8.93. The number of amides is 1. The molecule has 1 saturated carbocycles. The van der Waals surface area contributed by atoms with Crippen molar-refractivity contribution in [2.75, 3.05) is 0 Å². The summed E-state index contributed by atoms with van der Waals surface area (Å²) in [6.07, 6.45) is 2.05. The molecule has 4 rings (SSSR count). The van der Waals surface area contributed by atoms with Gasteiger partial charge in [0.1, 0.15) is 6.54 Å². The van der Waals surface area contributed by atoms with Gasteiger partial charge in [-0.15, -0.1) is 0 Å². The van der Waals surface area contributed by atoms with E-state index in [0.717, 1.165) is 29.5 Å². The van der Waals surface area contributed by atoms with Crippen molar-refractivity contribution < 1.29 is 4.79 Å². The maximum atomic E-state index is 12.9. The Bertz CT molecular complexity index is 1010. The molecule has 1 heterocycles. The van der Waals surface area contributed by atoms with Crippen molar-refractivity contribution in [3.8, 4) is 0 Å². The fourth-order valence-electron chi connectivity index (χ4n) is 3.32. The van der Waals surface area contributed by atoms with Gasteiger partial charge in [-0.3, -0.25) is 9.59 Å². The zero-order valence-electron chi connectivity index (χ0n) is 14.8. The van der Waals surface area contributed by atoms with E-state index in [-0.39, 0.29) is 24.1 Å². The van der Waals surface area contributed by atoms with Gasteiger partial charge >= 0.3 is 0 Å². The second-order valence-electron chi connectivity index (χ2n) is 6.83. The van der Waals surface area contributed by atoms with E-state index in [2.05, 4.69) is 5.10 Å². The molecule has 1 amide bonds. The summed E-state index contributed by atoms with van der Waals surface area (Å²) in [7, 11) is 0. The van der Waals surface area contributed by atoms with Crippen LogP contribution in [0.5, 0.6) is 0 Å². The van der Waals surface area contributed by atoms with E-state index in [9.17, 15) is 9.59 Å². The van der Waals surface area contributed by atoms with E-state index in [0.29, 0.717) is 11.9 Å². The molecule has 0 N–H and O–H groups in total. The van der Waals surface area contributed by atoms with Crippen LogP contribution in [0.25, 0.3) is 10.8 Å². The summed E-state index contributed by atoms with van der Waals surface area (Å²) >= 11 is 0. The Balaban J connectivity index is 1.61. The van der Waals surface area contributed by atoms with Gasteiger partial charge in [0.2, 0.25) is 5.91 Å². The van der Waals surface area contributed by atoms with Crippen molar-refractivity contribution >= 4 is 16.7 Å². The highest BCUT2D eigenvalue weighted by Crippen LogP contribution is 2.28. The standard InChI is InChI=1S/C21H21N3O2/c1-15-18-9-5-6-10-19(18)21(26)24(22-15)14-20(25)23(17-11-12-17)13-16-7-3-2-4-8-16/h2-10,17H,11-14H2,1H3. The van der Waals surface area contributed by atoms with Crippen LogP contribution in [0.15, 0.2) is 59.4 Å². The zero-order valence-corrected chi connectivity index (χ0v) is 14.8. The smallest absolute Gasteiger partial charge is 0.275 e. The molecule has 1 aliphatic rings. The van der Waals surface area contributed by atoms with Crippen LogP contribution in [0.2, 0.25) is 0 Å². The van der Waals surface area contributed by atoms with Crippen LogP contribution in [-0.2, 0) is 17.9 Å². The maximum absolute atomic E-state index is 12.9. The first-order valence-electron chi connectivity index (χ1n) is 8.93. The summed E-state index contributed by atoms with van der Waals surface area (Å²) < 4.78 is 1.31. The van der Waals surface area contributed by atoms with E-state index in [4.69, 9.17) is 0 Å². The molecule has 0 bridgehead atoms. The van der Waals surface area contributed by atoms with Gasteiger partial charge in [0.15, 0.2) is 0 Å². The van der Waals surface area contributed by atoms with E-state index in [1.807, 2.05) is 60.4 Å². The van der Waals surface area contributed by atoms with Crippen LogP contribution < -0.4 is 5.56 Å². The summed E-state index contributed by atoms with van der Waals surface area (Å²) in [5.41, 5.74) is 1.65. The van der Waals surface area contributed by atoms with Gasteiger partial charge in [0, 0.05) is 18.0 Å². The Hall–Kier alpha value is -2.95. The van der Waals surface area contributed by atoms with Gasteiger partial charge in [-0.1, -0.05) is 48.5 Å². The molecule has 1 aromatic heterocycles. The summed E-state index contributed by atoms with van der Waals surface area (Å²) in [5, 5.41) is 5.81. The van der Waals surface area contributed by atoms with Crippen molar-refractivity contribution in [2.24, 2.45) is 0 Å². The molecule has 132 valence electrons. The van der Waals surface area contributed by atoms with Crippen LogP contribution in [0.1, 0.15) is 24.1 Å². The van der Waals surface area contributed by atoms with Gasteiger partial charge in [-0.25, -0.2) is 4.68 Å². The summed E-state index contributed by atoms with van der Waals surface area (Å²) in [6.45, 7) is 2.42. The lowest BCUT2D eigenvalue weighted by molar-refractivity contribution is -0.133. The summed E-state index contributed by atoms with van der Waals surface area (Å²) in [4.78, 5) is 27.5. The SMILES string of the molecule is Cc1nn(CC(=O)N(Cc2ccccc2)C2CC2)c(=O)c2ccccc12. The molecule has 0 saturated heterocycles. The highest BCUT2D eigenvalue weighted by molar-refractivity contribution is 5.83. The largest absolute Gasteiger partial charge is 0.334 e. The predicted octanol–water partition coefficient (Wildman–Crippen LogP) is 2.90. The van der Waals surface area contributed by atoms with E-state index in [1.54, 1.807) is 6.07 Å². The number of hydrogen-bond donors (Lipinski definition) is 0. The number of fused-ring (bicyclic) bond motifs is 1. The number of nitrogens with zero attached hydrogens (tertiary/aromatic N) is 3. The Morgan fingerprint density at radius 2 is 1.73 bits per heavy atom. The van der Waals surface area contributed by atoms with Gasteiger partial charge in [-0.2, -0.15) is 5.10 Å². The highest BCUT2D eigenvalue weighted by Gasteiger charge is 2.32. The molecule has 2 aromatic carbocycles. The molecule has 0 aliphatic heterocycles. The molecular formula is C21H21N3O2. The summed E-state index contributed by atoms with van der Waals surface area (Å²) in [6, 6.07) is 17.6. The number of aryl methyl sites for hydroxylation is 1. The molecule has 26 heavy (non-hydrogen) atoms. The van der Waals surface area contributed by atoms with Crippen LogP contribution in [0, 0.1) is 6.92 Å². The second-order valence-corrected chi connectivity index (χ2v) is 6.83. The third kappa shape index (κ3) is 3.25. The maximum Gasteiger partial charge on any atom is 0.275 e. The summed E-state index contributed by atoms with van der Waals surface area (Å²) in [5.74, 6) is -0.0550. The van der Waals surface area contributed by atoms with Gasteiger partial charge < -0.3 is 4.90 Å². The van der Waals surface area contributed by atoms with Crippen molar-refractivity contribution in [3.63, 3.8) is 0 Å². The highest BCUT2D eigenvalue weighted by atomic mass is 16.2. The molecule has 0 unspecified atom stereocenters. The molecule has 5 nitrogen and oxygen atoms in total. The molecule has 1 fully saturated rings. The average molecular weight is 347 g/mol. The Kier molecular flexibility index (Phi) is 4.29. The molecule has 3 aromatic rings. The normalized spacial score (nSPS) is 13.7. The van der Waals surface area contributed by atoms with Crippen LogP contribution in [0.4, 0.5) is 0 Å². The molecule has 0 atom stereocenters. The Morgan fingerprint density at radius 3 is 2.42 bits per heavy atom. The predicted molar refractivity (Wildman–Crippen MR) is 101 cm³/mol. The third-order valence-corrected chi connectivity index (χ3v) is 4.84. The lowest BCUT2D eigenvalue weighted by atomic mass is 10.1. The van der Waals surface area contributed by atoms with Crippen LogP contribution in [-0.4, -0.2) is 26.6 Å². The lowest BCUT2D eigenvalue weighted by Gasteiger charge is -2.23. The van der Waals surface area contributed by atoms with Crippen molar-refractivity contribution in [3.05, 3.63) is 76.2 Å². The molecule has 1 aliphatic carbocycles. The van der Waals surface area contributed by atoms with Crippen LogP contribution >= 0.6 is 0 Å². The average Bonchev–Trinajstić information content (AvgIpc) is 3.50. The minimum Gasteiger partial charge on any atom is -0.334 e. The Labute approximate surface area is 151 Å². The quantitative estimate of drug-likeness (QED) is 0.713. The minimum atomic E-state index is -0.213. The molecular weight excluding hydrogens is 326 g/mol. The number of aromatic nitrogens is 2. The first kappa shape index (κ1) is 16.5. The molecule has 0 radical (unpaired) electrons. The second kappa shape index (κ2) is 6.75. The van der Waals surface area contributed by atoms with Crippen molar-refractivity contribution in [2.45, 2.75) is 38.9 Å². The fraction of sp³-hybridized carbons (Fsp3) is 0.286. The third-order valence-electron chi connectivity index (χ3n) is 4.84. The van der Waals surface area contributed by atoms with E-state index >= 15 is 0 Å². The number of benzene rings is 2. The Morgan fingerprint density at radius 1 is 1.08 bits per heavy atom. The van der Waals surface area contributed by atoms with E-state index in [1.165, 1.54) is 4.68 Å². The topological polar surface area (TPSA) is 55.2 Å². The number of rotatable bonds is 5. The van der Waals surface area contributed by atoms with E-state index < -0.39 is 0 Å². The van der Waals surface area contributed by atoms with Crippen molar-refractivity contribution in [1.29, 1.82) is 0 Å². The first-order chi connectivity index (χ1) is 12.6. The number of carbonyl (C=O) groups excluding carboxylic acids is 1. The van der Waals surface area contributed by atoms with Crippen LogP contribution in [0.3, 0.4) is 0 Å². The number of carbonyl (C=O) groups is 1. The number of hydrogen-bond acceptors (Lipinski definition) is 3. The minimum absolute atomic E-state index is 0.0200. The monoisotopic (exact) mass is 347 g/mol. The van der Waals surface area contributed by atoms with Gasteiger partial charge in [0.05, 0.1) is 11.1 Å². The molecule has 5 heteroatoms. The fourth-order valence-corrected chi connectivity index (χ4v) is 3.32. The molecule has 0 spiro atoms. The lowest BCUT2D eigenvalue weighted by Crippen LogP contribution is -2.38. The van der Waals surface area contributed by atoms with Gasteiger partial charge in [0.25, 0.3) is 5.56 Å². The van der Waals surface area contributed by atoms with Gasteiger partial charge in [-0.05, 0) is 31.4 Å². The zero-order chi connectivity index (χ0) is 18.1. The van der Waals surface area contributed by atoms with Crippen molar-refractivity contribution in [1.82, 2.24) is 14.7 Å².